The summed E-state index contributed by atoms with van der Waals surface area (Å²) in [5, 5.41) is 8.69. The summed E-state index contributed by atoms with van der Waals surface area (Å²) >= 11 is 0. The molecule has 0 fully saturated rings. The van der Waals surface area contributed by atoms with Crippen LogP contribution < -0.4 is 0 Å². The van der Waals surface area contributed by atoms with Crippen LogP contribution in [0.1, 0.15) is 5.56 Å². The number of nitrogens with zero attached hydrogens (tertiary/aromatic N) is 2. The van der Waals surface area contributed by atoms with Crippen LogP contribution in [0.5, 0.6) is 0 Å². The summed E-state index contributed by atoms with van der Waals surface area (Å²) in [5.41, 5.74) is 1.08. The van der Waals surface area contributed by atoms with E-state index in [0.29, 0.717) is 13.1 Å². The van der Waals surface area contributed by atoms with Crippen LogP contribution in [-0.2, 0) is 11.2 Å². The van der Waals surface area contributed by atoms with Crippen LogP contribution in [0, 0.1) is 12.3 Å². The summed E-state index contributed by atoms with van der Waals surface area (Å²) in [6.45, 7) is 0.958. The number of pyridine rings is 1. The largest absolute Gasteiger partial charge is 0.480 e. The minimum atomic E-state index is -0.860. The van der Waals surface area contributed by atoms with Crippen molar-refractivity contribution in [3.8, 4) is 12.3 Å². The molecule has 0 aliphatic heterocycles. The van der Waals surface area contributed by atoms with E-state index in [9.17, 15) is 4.79 Å². The van der Waals surface area contributed by atoms with Gasteiger partial charge in [-0.15, -0.1) is 6.42 Å². The molecular formula is C12H14N2O2. The Bertz CT molecular complexity index is 370. The summed E-state index contributed by atoms with van der Waals surface area (Å²) in [6, 6.07) is 3.82. The molecule has 1 aromatic rings. The van der Waals surface area contributed by atoms with Gasteiger partial charge in [-0.2, -0.15) is 0 Å². The standard InChI is InChI=1S/C12H14N2O2/c1-2-7-14(10-12(15)16)8-5-11-4-3-6-13-9-11/h1,3-4,6,9H,5,7-8,10H2,(H,15,16). The molecule has 1 rings (SSSR count). The molecule has 0 atom stereocenters. The Hall–Kier alpha value is -1.86. The number of hydrogen-bond donors (Lipinski definition) is 1. The summed E-state index contributed by atoms with van der Waals surface area (Å²) in [7, 11) is 0. The molecule has 0 aliphatic rings. The molecular weight excluding hydrogens is 204 g/mol. The van der Waals surface area contributed by atoms with Gasteiger partial charge in [0, 0.05) is 18.9 Å². The molecule has 0 spiro atoms. The van der Waals surface area contributed by atoms with Crippen LogP contribution in [0.15, 0.2) is 24.5 Å². The molecule has 1 aromatic heterocycles. The highest BCUT2D eigenvalue weighted by Crippen LogP contribution is 1.99. The topological polar surface area (TPSA) is 53.4 Å². The van der Waals surface area contributed by atoms with Gasteiger partial charge in [0.15, 0.2) is 0 Å². The highest BCUT2D eigenvalue weighted by Gasteiger charge is 2.07. The number of aromatic nitrogens is 1. The van der Waals surface area contributed by atoms with E-state index in [2.05, 4.69) is 10.9 Å². The fourth-order valence-electron chi connectivity index (χ4n) is 1.37. The lowest BCUT2D eigenvalue weighted by Gasteiger charge is -2.16. The molecule has 0 saturated carbocycles. The lowest BCUT2D eigenvalue weighted by Crippen LogP contribution is -2.32. The van der Waals surface area contributed by atoms with Crippen molar-refractivity contribution in [1.29, 1.82) is 0 Å². The normalized spacial score (nSPS) is 10.0. The maximum atomic E-state index is 10.6. The van der Waals surface area contributed by atoms with Crippen LogP contribution in [0.25, 0.3) is 0 Å². The van der Waals surface area contributed by atoms with Crippen molar-refractivity contribution in [3.63, 3.8) is 0 Å². The first-order chi connectivity index (χ1) is 7.72. The number of carboxylic acids is 1. The van der Waals surface area contributed by atoms with E-state index in [4.69, 9.17) is 11.5 Å². The zero-order valence-corrected chi connectivity index (χ0v) is 8.97. The van der Waals surface area contributed by atoms with E-state index in [0.717, 1.165) is 12.0 Å². The molecule has 0 aromatic carbocycles. The van der Waals surface area contributed by atoms with Gasteiger partial charge in [0.05, 0.1) is 13.1 Å². The number of carboxylic acid groups (broad SMARTS) is 1. The second-order valence-corrected chi connectivity index (χ2v) is 3.42. The number of hydrogen-bond acceptors (Lipinski definition) is 3. The third kappa shape index (κ3) is 4.58. The summed E-state index contributed by atoms with van der Waals surface area (Å²) in [6.07, 6.45) is 9.41. The predicted molar refractivity (Wildman–Crippen MR) is 60.8 cm³/mol. The molecule has 4 heteroatoms. The molecule has 0 aliphatic carbocycles. The number of aliphatic carboxylic acids is 1. The van der Waals surface area contributed by atoms with Gasteiger partial charge in [0.1, 0.15) is 0 Å². The SMILES string of the molecule is C#CCN(CCc1cccnc1)CC(=O)O. The van der Waals surface area contributed by atoms with Gasteiger partial charge >= 0.3 is 5.97 Å². The smallest absolute Gasteiger partial charge is 0.317 e. The van der Waals surface area contributed by atoms with Gasteiger partial charge in [-0.3, -0.25) is 14.7 Å². The Morgan fingerprint density at radius 1 is 1.62 bits per heavy atom. The zero-order chi connectivity index (χ0) is 11.8. The molecule has 84 valence electrons. The quantitative estimate of drug-likeness (QED) is 0.712. The van der Waals surface area contributed by atoms with Crippen molar-refractivity contribution in [2.75, 3.05) is 19.6 Å². The lowest BCUT2D eigenvalue weighted by molar-refractivity contribution is -0.138. The Kier molecular flexibility index (Phi) is 5.03. The van der Waals surface area contributed by atoms with Crippen LogP contribution >= 0.6 is 0 Å². The first-order valence-corrected chi connectivity index (χ1v) is 4.99. The molecule has 0 radical (unpaired) electrons. The second kappa shape index (κ2) is 6.59. The Labute approximate surface area is 94.9 Å². The predicted octanol–water partition coefficient (Wildman–Crippen LogP) is 0.644. The van der Waals surface area contributed by atoms with Gasteiger partial charge in [-0.25, -0.2) is 0 Å². The van der Waals surface area contributed by atoms with Crippen molar-refractivity contribution >= 4 is 5.97 Å². The molecule has 0 bridgehead atoms. The molecule has 0 saturated heterocycles. The maximum absolute atomic E-state index is 10.6. The lowest BCUT2D eigenvalue weighted by atomic mass is 10.2. The van der Waals surface area contributed by atoms with E-state index in [-0.39, 0.29) is 6.54 Å². The first-order valence-electron chi connectivity index (χ1n) is 4.99. The summed E-state index contributed by atoms with van der Waals surface area (Å²) in [4.78, 5) is 16.3. The van der Waals surface area contributed by atoms with Gasteiger partial charge in [-0.1, -0.05) is 12.0 Å². The van der Waals surface area contributed by atoms with Crippen molar-refractivity contribution < 1.29 is 9.90 Å². The van der Waals surface area contributed by atoms with Crippen LogP contribution in [0.2, 0.25) is 0 Å². The number of rotatable bonds is 6. The van der Waals surface area contributed by atoms with Crippen molar-refractivity contribution in [3.05, 3.63) is 30.1 Å². The third-order valence-corrected chi connectivity index (χ3v) is 2.11. The molecule has 4 nitrogen and oxygen atoms in total. The van der Waals surface area contributed by atoms with E-state index in [1.165, 1.54) is 0 Å². The fraction of sp³-hybridized carbons (Fsp3) is 0.333. The molecule has 0 unspecified atom stereocenters. The summed E-state index contributed by atoms with van der Waals surface area (Å²) in [5.74, 6) is 1.60. The monoisotopic (exact) mass is 218 g/mol. The van der Waals surface area contributed by atoms with Gasteiger partial charge in [0.25, 0.3) is 0 Å². The average molecular weight is 218 g/mol. The third-order valence-electron chi connectivity index (χ3n) is 2.11. The van der Waals surface area contributed by atoms with Crippen molar-refractivity contribution in [2.45, 2.75) is 6.42 Å². The Morgan fingerprint density at radius 2 is 2.44 bits per heavy atom. The number of terminal acetylenes is 1. The Morgan fingerprint density at radius 3 is 3.00 bits per heavy atom. The van der Waals surface area contributed by atoms with Gasteiger partial charge < -0.3 is 5.11 Å². The van der Waals surface area contributed by atoms with Crippen LogP contribution in [0.3, 0.4) is 0 Å². The fourth-order valence-corrected chi connectivity index (χ4v) is 1.37. The van der Waals surface area contributed by atoms with Crippen LogP contribution in [-0.4, -0.2) is 40.6 Å². The van der Waals surface area contributed by atoms with E-state index in [1.54, 1.807) is 17.3 Å². The average Bonchev–Trinajstić information content (AvgIpc) is 2.27. The van der Waals surface area contributed by atoms with Crippen molar-refractivity contribution in [1.82, 2.24) is 9.88 Å². The van der Waals surface area contributed by atoms with E-state index < -0.39 is 5.97 Å². The first kappa shape index (κ1) is 12.2. The zero-order valence-electron chi connectivity index (χ0n) is 8.97. The van der Waals surface area contributed by atoms with Gasteiger partial charge in [0.2, 0.25) is 0 Å². The maximum Gasteiger partial charge on any atom is 0.317 e. The van der Waals surface area contributed by atoms with E-state index in [1.807, 2.05) is 12.1 Å². The molecule has 16 heavy (non-hydrogen) atoms. The second-order valence-electron chi connectivity index (χ2n) is 3.42. The van der Waals surface area contributed by atoms with Gasteiger partial charge in [-0.05, 0) is 18.1 Å². The Balaban J connectivity index is 2.44. The minimum absolute atomic E-state index is 0.0234. The highest BCUT2D eigenvalue weighted by atomic mass is 16.4. The summed E-state index contributed by atoms with van der Waals surface area (Å²) < 4.78 is 0. The highest BCUT2D eigenvalue weighted by molar-refractivity contribution is 5.69. The molecule has 1 N–H and O–H groups in total. The molecule has 1 heterocycles. The van der Waals surface area contributed by atoms with Crippen LogP contribution in [0.4, 0.5) is 0 Å². The van der Waals surface area contributed by atoms with E-state index >= 15 is 0 Å². The minimum Gasteiger partial charge on any atom is -0.480 e. The van der Waals surface area contributed by atoms with Crippen molar-refractivity contribution in [2.24, 2.45) is 0 Å². The molecule has 0 amide bonds. The number of carbonyl (C=O) groups is 1.